The number of rotatable bonds is 6. The average molecular weight is 353 g/mol. The summed E-state index contributed by atoms with van der Waals surface area (Å²) in [7, 11) is -3.43. The molecule has 1 N–H and O–H groups in total. The maximum absolute atomic E-state index is 12.2. The molecule has 0 aromatic heterocycles. The lowest BCUT2D eigenvalue weighted by atomic mass is 9.95. The largest absolute Gasteiger partial charge is 0.353 e. The van der Waals surface area contributed by atoms with Gasteiger partial charge in [0.25, 0.3) is 0 Å². The van der Waals surface area contributed by atoms with E-state index in [0.717, 1.165) is 36.8 Å². The summed E-state index contributed by atoms with van der Waals surface area (Å²) >= 11 is 0. The van der Waals surface area contributed by atoms with Gasteiger partial charge in [0, 0.05) is 19.0 Å². The van der Waals surface area contributed by atoms with E-state index in [9.17, 15) is 13.2 Å². The molecule has 1 aromatic carbocycles. The summed E-state index contributed by atoms with van der Waals surface area (Å²) in [5, 5.41) is 3.04. The van der Waals surface area contributed by atoms with E-state index in [4.69, 9.17) is 0 Å². The van der Waals surface area contributed by atoms with Crippen molar-refractivity contribution < 1.29 is 13.2 Å². The predicted molar refractivity (Wildman–Crippen MR) is 97.7 cm³/mol. The SMILES string of the molecule is Cc1cc(C)cc(N(CCC(=O)NC2CCCCC2)S(C)(=O)=O)c1. The summed E-state index contributed by atoms with van der Waals surface area (Å²) in [6.07, 6.45) is 6.96. The van der Waals surface area contributed by atoms with E-state index < -0.39 is 10.0 Å². The first-order chi connectivity index (χ1) is 11.3. The van der Waals surface area contributed by atoms with E-state index in [1.807, 2.05) is 32.0 Å². The van der Waals surface area contributed by atoms with Gasteiger partial charge in [-0.3, -0.25) is 9.10 Å². The van der Waals surface area contributed by atoms with E-state index in [1.54, 1.807) is 0 Å². The highest BCUT2D eigenvalue weighted by Crippen LogP contribution is 2.22. The van der Waals surface area contributed by atoms with Crippen LogP contribution in [0.1, 0.15) is 49.7 Å². The topological polar surface area (TPSA) is 66.5 Å². The molecule has 1 amide bonds. The van der Waals surface area contributed by atoms with Gasteiger partial charge in [0.15, 0.2) is 0 Å². The van der Waals surface area contributed by atoms with Gasteiger partial charge in [0.2, 0.25) is 15.9 Å². The molecule has 1 fully saturated rings. The first-order valence-corrected chi connectivity index (χ1v) is 10.5. The van der Waals surface area contributed by atoms with Gasteiger partial charge in [0.1, 0.15) is 0 Å². The molecule has 0 radical (unpaired) electrons. The first-order valence-electron chi connectivity index (χ1n) is 8.61. The number of carbonyl (C=O) groups is 1. The van der Waals surface area contributed by atoms with Gasteiger partial charge in [0.05, 0.1) is 11.9 Å². The van der Waals surface area contributed by atoms with Gasteiger partial charge in [-0.25, -0.2) is 8.42 Å². The van der Waals surface area contributed by atoms with Crippen molar-refractivity contribution in [1.82, 2.24) is 5.32 Å². The van der Waals surface area contributed by atoms with Crippen molar-refractivity contribution in [3.8, 4) is 0 Å². The van der Waals surface area contributed by atoms with Gasteiger partial charge in [-0.15, -0.1) is 0 Å². The number of carbonyl (C=O) groups excluding carboxylic acids is 1. The third-order valence-corrected chi connectivity index (χ3v) is 5.60. The fourth-order valence-corrected chi connectivity index (χ4v) is 4.24. The van der Waals surface area contributed by atoms with Gasteiger partial charge in [-0.05, 0) is 49.9 Å². The van der Waals surface area contributed by atoms with Gasteiger partial charge >= 0.3 is 0 Å². The number of hydrogen-bond donors (Lipinski definition) is 1. The maximum atomic E-state index is 12.2. The summed E-state index contributed by atoms with van der Waals surface area (Å²) in [6, 6.07) is 5.93. The van der Waals surface area contributed by atoms with Crippen molar-refractivity contribution in [3.05, 3.63) is 29.3 Å². The average Bonchev–Trinajstić information content (AvgIpc) is 2.46. The van der Waals surface area contributed by atoms with Crippen LogP contribution in [0.3, 0.4) is 0 Å². The molecular formula is C18H28N2O3S. The van der Waals surface area contributed by atoms with Crippen LogP contribution >= 0.6 is 0 Å². The van der Waals surface area contributed by atoms with Crippen molar-refractivity contribution in [3.63, 3.8) is 0 Å². The zero-order valence-electron chi connectivity index (χ0n) is 14.8. The second kappa shape index (κ2) is 8.01. The number of amides is 1. The molecule has 2 rings (SSSR count). The number of hydrogen-bond acceptors (Lipinski definition) is 3. The molecule has 1 aliphatic carbocycles. The van der Waals surface area contributed by atoms with Crippen molar-refractivity contribution in [2.24, 2.45) is 0 Å². The van der Waals surface area contributed by atoms with Gasteiger partial charge < -0.3 is 5.32 Å². The monoisotopic (exact) mass is 352 g/mol. The molecule has 0 spiro atoms. The van der Waals surface area contributed by atoms with Crippen LogP contribution < -0.4 is 9.62 Å². The number of anilines is 1. The highest BCUT2D eigenvalue weighted by molar-refractivity contribution is 7.92. The number of nitrogens with one attached hydrogen (secondary N) is 1. The minimum atomic E-state index is -3.43. The standard InChI is InChI=1S/C18H28N2O3S/c1-14-11-15(2)13-17(12-14)20(24(3,22)23)10-9-18(21)19-16-7-5-4-6-8-16/h11-13,16H,4-10H2,1-3H3,(H,19,21). The molecule has 0 saturated heterocycles. The summed E-state index contributed by atoms with van der Waals surface area (Å²) in [4.78, 5) is 12.2. The zero-order valence-corrected chi connectivity index (χ0v) is 15.7. The Morgan fingerprint density at radius 2 is 1.71 bits per heavy atom. The third-order valence-electron chi connectivity index (χ3n) is 4.41. The number of sulfonamides is 1. The second-order valence-electron chi connectivity index (χ2n) is 6.83. The molecule has 0 bridgehead atoms. The molecule has 134 valence electrons. The van der Waals surface area contributed by atoms with Crippen LogP contribution in [-0.4, -0.2) is 33.2 Å². The van der Waals surface area contributed by atoms with Gasteiger partial charge in [-0.1, -0.05) is 25.3 Å². The molecule has 1 aliphatic rings. The molecule has 0 unspecified atom stereocenters. The van der Waals surface area contributed by atoms with E-state index in [-0.39, 0.29) is 24.9 Å². The van der Waals surface area contributed by atoms with Crippen LogP contribution in [0.2, 0.25) is 0 Å². The Morgan fingerprint density at radius 3 is 2.25 bits per heavy atom. The van der Waals surface area contributed by atoms with Crippen LogP contribution in [0.4, 0.5) is 5.69 Å². The van der Waals surface area contributed by atoms with Gasteiger partial charge in [-0.2, -0.15) is 0 Å². The molecule has 0 aliphatic heterocycles. The van der Waals surface area contributed by atoms with Crippen molar-refractivity contribution >= 4 is 21.6 Å². The lowest BCUT2D eigenvalue weighted by molar-refractivity contribution is -0.121. The minimum Gasteiger partial charge on any atom is -0.353 e. The van der Waals surface area contributed by atoms with Crippen LogP contribution in [0, 0.1) is 13.8 Å². The summed E-state index contributed by atoms with van der Waals surface area (Å²) < 4.78 is 25.6. The van der Waals surface area contributed by atoms with Crippen molar-refractivity contribution in [1.29, 1.82) is 0 Å². The Balaban J connectivity index is 2.03. The summed E-state index contributed by atoms with van der Waals surface area (Å²) in [5.74, 6) is -0.0695. The van der Waals surface area contributed by atoms with E-state index in [2.05, 4.69) is 5.32 Å². The van der Waals surface area contributed by atoms with Crippen molar-refractivity contribution in [2.45, 2.75) is 58.4 Å². The molecule has 0 atom stereocenters. The van der Waals surface area contributed by atoms with Crippen LogP contribution in [-0.2, 0) is 14.8 Å². The molecule has 0 heterocycles. The van der Waals surface area contributed by atoms with E-state index in [0.29, 0.717) is 5.69 Å². The Morgan fingerprint density at radius 1 is 1.12 bits per heavy atom. The fraction of sp³-hybridized carbons (Fsp3) is 0.611. The van der Waals surface area contributed by atoms with E-state index in [1.165, 1.54) is 17.0 Å². The van der Waals surface area contributed by atoms with Crippen LogP contribution in [0.25, 0.3) is 0 Å². The van der Waals surface area contributed by atoms with E-state index >= 15 is 0 Å². The lowest BCUT2D eigenvalue weighted by Gasteiger charge is -2.25. The zero-order chi connectivity index (χ0) is 17.7. The fourth-order valence-electron chi connectivity index (χ4n) is 3.33. The van der Waals surface area contributed by atoms with Crippen LogP contribution in [0.5, 0.6) is 0 Å². The molecule has 6 heteroatoms. The molecule has 1 aromatic rings. The number of benzene rings is 1. The highest BCUT2D eigenvalue weighted by Gasteiger charge is 2.21. The molecule has 1 saturated carbocycles. The quantitative estimate of drug-likeness (QED) is 0.856. The Bertz CT molecular complexity index is 659. The van der Waals surface area contributed by atoms with Crippen molar-refractivity contribution in [2.75, 3.05) is 17.1 Å². The normalized spacial score (nSPS) is 16.0. The number of nitrogens with zero attached hydrogens (tertiary/aromatic N) is 1. The Kier molecular flexibility index (Phi) is 6.27. The molecule has 5 nitrogen and oxygen atoms in total. The summed E-state index contributed by atoms with van der Waals surface area (Å²) in [5.41, 5.74) is 2.64. The number of aryl methyl sites for hydroxylation is 2. The molecule has 24 heavy (non-hydrogen) atoms. The predicted octanol–water partition coefficient (Wildman–Crippen LogP) is 2.91. The Labute approximate surface area is 145 Å². The smallest absolute Gasteiger partial charge is 0.232 e. The van der Waals surface area contributed by atoms with Crippen LogP contribution in [0.15, 0.2) is 18.2 Å². The maximum Gasteiger partial charge on any atom is 0.232 e. The highest BCUT2D eigenvalue weighted by atomic mass is 32.2. The summed E-state index contributed by atoms with van der Waals surface area (Å²) in [6.45, 7) is 4.04. The Hall–Kier alpha value is -1.56. The first kappa shape index (κ1) is 18.8. The molecular weight excluding hydrogens is 324 g/mol. The second-order valence-corrected chi connectivity index (χ2v) is 8.74. The third kappa shape index (κ3) is 5.51. The lowest BCUT2D eigenvalue weighted by Crippen LogP contribution is -2.39. The minimum absolute atomic E-state index is 0.0695.